The predicted octanol–water partition coefficient (Wildman–Crippen LogP) is 2.50. The maximum Gasteiger partial charge on any atom is 0.333 e. The van der Waals surface area contributed by atoms with Crippen molar-refractivity contribution in [1.29, 1.82) is 0 Å². The van der Waals surface area contributed by atoms with Crippen LogP contribution >= 0.6 is 24.2 Å². The van der Waals surface area contributed by atoms with Crippen LogP contribution in [0, 0.1) is 0 Å². The molecule has 0 unspecified atom stereocenters. The van der Waals surface area contributed by atoms with Gasteiger partial charge in [-0.25, -0.2) is 4.79 Å². The molecule has 2 aliphatic heterocycles. The summed E-state index contributed by atoms with van der Waals surface area (Å²) < 4.78 is 0. The highest BCUT2D eigenvalue weighted by atomic mass is 35.5. The van der Waals surface area contributed by atoms with Crippen LogP contribution in [-0.4, -0.2) is 29.9 Å². The molecular formula is C12H12ClNO2S. The van der Waals surface area contributed by atoms with E-state index in [1.807, 2.05) is 23.9 Å². The predicted molar refractivity (Wildman–Crippen MR) is 72.2 cm³/mol. The van der Waals surface area contributed by atoms with Crippen molar-refractivity contribution in [3.63, 3.8) is 0 Å². The van der Waals surface area contributed by atoms with Crippen LogP contribution in [0.15, 0.2) is 28.7 Å². The van der Waals surface area contributed by atoms with Gasteiger partial charge < -0.3 is 10.0 Å². The number of hydrogen-bond acceptors (Lipinski definition) is 3. The largest absolute Gasteiger partial charge is 0.478 e. The lowest BCUT2D eigenvalue weighted by Crippen LogP contribution is -2.35. The van der Waals surface area contributed by atoms with Gasteiger partial charge in [-0.2, -0.15) is 0 Å². The molecule has 2 aliphatic rings. The molecule has 0 amide bonds. The van der Waals surface area contributed by atoms with E-state index in [1.54, 1.807) is 6.08 Å². The second-order valence-electron chi connectivity index (χ2n) is 3.94. The maximum absolute atomic E-state index is 11.0. The Morgan fingerprint density at radius 2 is 2.24 bits per heavy atom. The minimum absolute atomic E-state index is 0. The monoisotopic (exact) mass is 269 g/mol. The van der Waals surface area contributed by atoms with Crippen LogP contribution in [0.3, 0.4) is 0 Å². The Kier molecular flexibility index (Phi) is 3.35. The van der Waals surface area contributed by atoms with E-state index in [4.69, 9.17) is 5.11 Å². The lowest BCUT2D eigenvalue weighted by molar-refractivity contribution is -0.132. The summed E-state index contributed by atoms with van der Waals surface area (Å²) >= 11 is 1.85. The normalized spacial score (nSPS) is 16.7. The van der Waals surface area contributed by atoms with E-state index in [0.717, 1.165) is 17.9 Å². The molecule has 0 radical (unpaired) electrons. The van der Waals surface area contributed by atoms with Gasteiger partial charge in [-0.3, -0.25) is 0 Å². The van der Waals surface area contributed by atoms with Gasteiger partial charge in [-0.1, -0.05) is 12.1 Å². The van der Waals surface area contributed by atoms with Gasteiger partial charge >= 0.3 is 5.97 Å². The molecule has 0 atom stereocenters. The zero-order chi connectivity index (χ0) is 11.1. The van der Waals surface area contributed by atoms with Crippen molar-refractivity contribution in [3.05, 3.63) is 29.3 Å². The van der Waals surface area contributed by atoms with Crippen LogP contribution < -0.4 is 4.90 Å². The van der Waals surface area contributed by atoms with E-state index in [-0.39, 0.29) is 12.4 Å². The fraction of sp³-hybridized carbons (Fsp3) is 0.250. The van der Waals surface area contributed by atoms with Crippen LogP contribution in [0.1, 0.15) is 5.56 Å². The highest BCUT2D eigenvalue weighted by Gasteiger charge is 2.26. The number of carboxylic acid groups (broad SMARTS) is 1. The van der Waals surface area contributed by atoms with Gasteiger partial charge in [0.2, 0.25) is 0 Å². The Morgan fingerprint density at radius 1 is 1.41 bits per heavy atom. The third-order valence-corrected chi connectivity index (χ3v) is 3.96. The molecule has 0 saturated carbocycles. The number of anilines is 1. The number of hydrogen-bond donors (Lipinski definition) is 1. The van der Waals surface area contributed by atoms with Crippen molar-refractivity contribution in [1.82, 2.24) is 0 Å². The summed E-state index contributed by atoms with van der Waals surface area (Å²) in [5.74, 6) is 0.220. The highest BCUT2D eigenvalue weighted by Crippen LogP contribution is 2.40. The summed E-state index contributed by atoms with van der Waals surface area (Å²) in [7, 11) is 0. The number of carboxylic acids is 1. The third kappa shape index (κ3) is 2.03. The van der Waals surface area contributed by atoms with Gasteiger partial charge in [-0.05, 0) is 17.7 Å². The number of thioether (sulfide) groups is 1. The number of rotatable bonds is 1. The van der Waals surface area contributed by atoms with Crippen molar-refractivity contribution >= 4 is 41.9 Å². The van der Waals surface area contributed by atoms with Gasteiger partial charge in [0.05, 0.1) is 17.8 Å². The fourth-order valence-corrected chi connectivity index (χ4v) is 3.30. The third-order valence-electron chi connectivity index (χ3n) is 2.93. The Hall–Kier alpha value is -1.13. The second-order valence-corrected chi connectivity index (χ2v) is 5.08. The average molecular weight is 270 g/mol. The molecule has 1 aromatic carbocycles. The number of para-hydroxylation sites is 1. The first-order valence-electron chi connectivity index (χ1n) is 5.20. The van der Waals surface area contributed by atoms with E-state index in [1.165, 1.54) is 10.6 Å². The van der Waals surface area contributed by atoms with Gasteiger partial charge in [0.25, 0.3) is 0 Å². The minimum atomic E-state index is -0.811. The second kappa shape index (κ2) is 4.63. The minimum Gasteiger partial charge on any atom is -0.478 e. The SMILES string of the molecule is Cl.O=C(O)C1=Cc2cccc3c2N(CCS3)C1. The summed E-state index contributed by atoms with van der Waals surface area (Å²) in [6.07, 6.45) is 1.80. The first-order valence-corrected chi connectivity index (χ1v) is 6.19. The van der Waals surface area contributed by atoms with Gasteiger partial charge in [0.1, 0.15) is 0 Å². The maximum atomic E-state index is 11.0. The molecule has 0 saturated heterocycles. The van der Waals surface area contributed by atoms with E-state index in [9.17, 15) is 4.79 Å². The fourth-order valence-electron chi connectivity index (χ4n) is 2.21. The van der Waals surface area contributed by atoms with Crippen LogP contribution in [0.4, 0.5) is 5.69 Å². The molecule has 90 valence electrons. The topological polar surface area (TPSA) is 40.5 Å². The molecular weight excluding hydrogens is 258 g/mol. The number of halogens is 1. The molecule has 3 nitrogen and oxygen atoms in total. The molecule has 5 heteroatoms. The number of nitrogens with zero attached hydrogens (tertiary/aromatic N) is 1. The highest BCUT2D eigenvalue weighted by molar-refractivity contribution is 7.99. The zero-order valence-electron chi connectivity index (χ0n) is 9.05. The number of benzene rings is 1. The Morgan fingerprint density at radius 3 is 3.00 bits per heavy atom. The average Bonchev–Trinajstić information content (AvgIpc) is 2.29. The van der Waals surface area contributed by atoms with Crippen LogP contribution in [0.2, 0.25) is 0 Å². The first kappa shape index (κ1) is 12.3. The molecule has 1 N–H and O–H groups in total. The Bertz CT molecular complexity index is 501. The van der Waals surface area contributed by atoms with E-state index < -0.39 is 5.97 Å². The Balaban J connectivity index is 0.00000108. The quantitative estimate of drug-likeness (QED) is 0.850. The van der Waals surface area contributed by atoms with E-state index >= 15 is 0 Å². The van der Waals surface area contributed by atoms with Crippen molar-refractivity contribution < 1.29 is 9.90 Å². The van der Waals surface area contributed by atoms with E-state index in [0.29, 0.717) is 12.1 Å². The van der Waals surface area contributed by atoms with Gasteiger partial charge in [0.15, 0.2) is 0 Å². The molecule has 3 rings (SSSR count). The van der Waals surface area contributed by atoms with Crippen molar-refractivity contribution in [2.45, 2.75) is 4.90 Å². The van der Waals surface area contributed by atoms with Crippen molar-refractivity contribution in [2.24, 2.45) is 0 Å². The molecule has 0 bridgehead atoms. The Labute approximate surface area is 110 Å². The van der Waals surface area contributed by atoms with Crippen molar-refractivity contribution in [2.75, 3.05) is 23.7 Å². The lowest BCUT2D eigenvalue weighted by atomic mass is 10.0. The van der Waals surface area contributed by atoms with Gasteiger partial charge in [-0.15, -0.1) is 24.2 Å². The van der Waals surface area contributed by atoms with Crippen LogP contribution in [-0.2, 0) is 4.79 Å². The molecule has 0 aromatic heterocycles. The molecule has 0 aliphatic carbocycles. The number of aliphatic carboxylic acids is 1. The van der Waals surface area contributed by atoms with Crippen LogP contribution in [0.25, 0.3) is 6.08 Å². The number of carbonyl (C=O) groups is 1. The molecule has 0 fully saturated rings. The lowest BCUT2D eigenvalue weighted by Gasteiger charge is -2.35. The van der Waals surface area contributed by atoms with Crippen LogP contribution in [0.5, 0.6) is 0 Å². The summed E-state index contributed by atoms with van der Waals surface area (Å²) in [6.45, 7) is 1.46. The molecule has 1 aromatic rings. The summed E-state index contributed by atoms with van der Waals surface area (Å²) in [5, 5.41) is 9.06. The summed E-state index contributed by atoms with van der Waals surface area (Å²) in [6, 6.07) is 6.08. The van der Waals surface area contributed by atoms with Gasteiger partial charge in [0, 0.05) is 17.2 Å². The molecule has 0 spiro atoms. The first-order chi connectivity index (χ1) is 7.75. The summed E-state index contributed by atoms with van der Waals surface area (Å²) in [5.41, 5.74) is 2.73. The smallest absolute Gasteiger partial charge is 0.333 e. The molecule has 17 heavy (non-hydrogen) atoms. The van der Waals surface area contributed by atoms with Crippen molar-refractivity contribution in [3.8, 4) is 0 Å². The van der Waals surface area contributed by atoms with E-state index in [2.05, 4.69) is 11.0 Å². The summed E-state index contributed by atoms with van der Waals surface area (Å²) in [4.78, 5) is 14.5. The molecule has 2 heterocycles. The zero-order valence-corrected chi connectivity index (χ0v) is 10.7. The standard InChI is InChI=1S/C12H11NO2S.ClH/c14-12(15)9-6-8-2-1-3-10-11(8)13(7-9)4-5-16-10;/h1-3,6H,4-5,7H2,(H,14,15);1H.